The Morgan fingerprint density at radius 2 is 2.21 bits per heavy atom. The molecular weight excluding hydrogens is 243 g/mol. The van der Waals surface area contributed by atoms with E-state index in [1.807, 2.05) is 20.0 Å². The molecule has 5 heteroatoms. The van der Waals surface area contributed by atoms with Crippen molar-refractivity contribution in [2.45, 2.75) is 26.3 Å². The Morgan fingerprint density at radius 1 is 1.42 bits per heavy atom. The summed E-state index contributed by atoms with van der Waals surface area (Å²) in [7, 11) is 1.88. The van der Waals surface area contributed by atoms with Crippen LogP contribution < -0.4 is 5.32 Å². The Hall–Kier alpha value is -1.75. The molecule has 0 fully saturated rings. The lowest BCUT2D eigenvalue weighted by Gasteiger charge is -2.20. The highest BCUT2D eigenvalue weighted by Crippen LogP contribution is 2.21. The van der Waals surface area contributed by atoms with Gasteiger partial charge in [-0.15, -0.1) is 0 Å². The summed E-state index contributed by atoms with van der Waals surface area (Å²) in [5.74, 6) is 0.713. The minimum Gasteiger partial charge on any atom is -0.310 e. The number of likely N-dealkylation sites (N-methyl/N-ethyl adjacent to an activating group) is 1. The minimum absolute atomic E-state index is 0.119. The van der Waals surface area contributed by atoms with Crippen LogP contribution in [-0.2, 0) is 13.5 Å². The molecule has 0 saturated heterocycles. The molecule has 0 aliphatic carbocycles. The van der Waals surface area contributed by atoms with E-state index >= 15 is 0 Å². The van der Waals surface area contributed by atoms with Crippen LogP contribution in [0.25, 0.3) is 0 Å². The van der Waals surface area contributed by atoms with Crippen molar-refractivity contribution in [3.05, 3.63) is 47.3 Å². The fourth-order valence-corrected chi connectivity index (χ4v) is 2.26. The van der Waals surface area contributed by atoms with Crippen LogP contribution in [0.15, 0.2) is 24.5 Å². The first kappa shape index (κ1) is 13.7. The van der Waals surface area contributed by atoms with Gasteiger partial charge in [0.05, 0.1) is 0 Å². The third-order valence-electron chi connectivity index (χ3n) is 3.25. The molecule has 1 N–H and O–H groups in total. The molecule has 0 bridgehead atoms. The molecule has 0 spiro atoms. The normalized spacial score (nSPS) is 12.6. The van der Waals surface area contributed by atoms with Gasteiger partial charge in [-0.25, -0.2) is 9.37 Å². The van der Waals surface area contributed by atoms with Crippen molar-refractivity contribution in [3.8, 4) is 0 Å². The zero-order valence-corrected chi connectivity index (χ0v) is 11.5. The highest BCUT2D eigenvalue weighted by atomic mass is 19.1. The van der Waals surface area contributed by atoms with Gasteiger partial charge in [-0.2, -0.15) is 5.10 Å². The highest BCUT2D eigenvalue weighted by molar-refractivity contribution is 5.30. The van der Waals surface area contributed by atoms with Crippen molar-refractivity contribution in [1.29, 1.82) is 0 Å². The number of aromatic nitrogens is 3. The molecule has 0 aliphatic rings. The molecule has 0 aliphatic heterocycles. The Bertz CT molecular complexity index is 550. The lowest BCUT2D eigenvalue weighted by atomic mass is 9.98. The Labute approximate surface area is 112 Å². The molecule has 102 valence electrons. The second-order valence-corrected chi connectivity index (χ2v) is 4.62. The van der Waals surface area contributed by atoms with E-state index in [4.69, 9.17) is 0 Å². The molecule has 2 aromatic rings. The van der Waals surface area contributed by atoms with Crippen LogP contribution in [0.5, 0.6) is 0 Å². The van der Waals surface area contributed by atoms with Crippen LogP contribution in [-0.4, -0.2) is 21.3 Å². The lowest BCUT2D eigenvalue weighted by Crippen LogP contribution is -2.25. The summed E-state index contributed by atoms with van der Waals surface area (Å²) in [5, 5.41) is 7.50. The van der Waals surface area contributed by atoms with Crippen molar-refractivity contribution < 1.29 is 4.39 Å². The number of nitrogens with zero attached hydrogens (tertiary/aromatic N) is 3. The molecule has 1 aromatic heterocycles. The first-order valence-electron chi connectivity index (χ1n) is 6.44. The first-order chi connectivity index (χ1) is 9.11. The summed E-state index contributed by atoms with van der Waals surface area (Å²) >= 11 is 0. The Balaban J connectivity index is 2.27. The zero-order chi connectivity index (χ0) is 13.8. The standard InChI is InChI=1S/C14H19FN4/c1-4-16-13(8-14-17-9-18-19(14)3)12-6-5-11(15)7-10(12)2/h5-7,9,13,16H,4,8H2,1-3H3. The Kier molecular flexibility index (Phi) is 4.27. The molecule has 1 unspecified atom stereocenters. The van der Waals surface area contributed by atoms with Gasteiger partial charge >= 0.3 is 0 Å². The maximum absolute atomic E-state index is 13.2. The summed E-state index contributed by atoms with van der Waals surface area (Å²) in [5.41, 5.74) is 2.05. The SMILES string of the molecule is CCNC(Cc1ncnn1C)c1ccc(F)cc1C. The number of benzene rings is 1. The van der Waals surface area contributed by atoms with Crippen molar-refractivity contribution in [2.75, 3.05) is 6.54 Å². The van der Waals surface area contributed by atoms with Crippen LogP contribution >= 0.6 is 0 Å². The van der Waals surface area contributed by atoms with E-state index in [1.165, 1.54) is 6.07 Å². The molecule has 0 amide bonds. The predicted molar refractivity (Wildman–Crippen MR) is 72.3 cm³/mol. The zero-order valence-electron chi connectivity index (χ0n) is 11.5. The maximum Gasteiger partial charge on any atom is 0.138 e. The van der Waals surface area contributed by atoms with Crippen molar-refractivity contribution in [3.63, 3.8) is 0 Å². The van der Waals surface area contributed by atoms with E-state index in [9.17, 15) is 4.39 Å². The lowest BCUT2D eigenvalue weighted by molar-refractivity contribution is 0.518. The number of hydrogen-bond acceptors (Lipinski definition) is 3. The largest absolute Gasteiger partial charge is 0.310 e. The van der Waals surface area contributed by atoms with E-state index in [0.717, 1.165) is 29.9 Å². The maximum atomic E-state index is 13.2. The van der Waals surface area contributed by atoms with E-state index in [0.29, 0.717) is 0 Å². The topological polar surface area (TPSA) is 42.7 Å². The van der Waals surface area contributed by atoms with Gasteiger partial charge in [-0.05, 0) is 36.7 Å². The summed E-state index contributed by atoms with van der Waals surface area (Å²) in [6, 6.07) is 5.03. The summed E-state index contributed by atoms with van der Waals surface area (Å²) in [6.45, 7) is 4.83. The number of halogens is 1. The van der Waals surface area contributed by atoms with Gasteiger partial charge in [0.25, 0.3) is 0 Å². The van der Waals surface area contributed by atoms with E-state index in [-0.39, 0.29) is 11.9 Å². The third-order valence-corrected chi connectivity index (χ3v) is 3.25. The fraction of sp³-hybridized carbons (Fsp3) is 0.429. The molecule has 1 aromatic carbocycles. The van der Waals surface area contributed by atoms with E-state index < -0.39 is 0 Å². The van der Waals surface area contributed by atoms with Crippen LogP contribution in [0.3, 0.4) is 0 Å². The molecule has 1 atom stereocenters. The van der Waals surface area contributed by atoms with Gasteiger partial charge in [-0.3, -0.25) is 4.68 Å². The average Bonchev–Trinajstić information content (AvgIpc) is 2.75. The van der Waals surface area contributed by atoms with Crippen LogP contribution in [0.4, 0.5) is 4.39 Å². The molecule has 19 heavy (non-hydrogen) atoms. The quantitative estimate of drug-likeness (QED) is 0.898. The van der Waals surface area contributed by atoms with Gasteiger partial charge in [0, 0.05) is 19.5 Å². The second kappa shape index (κ2) is 5.93. The predicted octanol–water partition coefficient (Wildman–Crippen LogP) is 2.16. The molecule has 0 radical (unpaired) electrons. The van der Waals surface area contributed by atoms with E-state index in [1.54, 1.807) is 17.1 Å². The van der Waals surface area contributed by atoms with Crippen molar-refractivity contribution in [1.82, 2.24) is 20.1 Å². The van der Waals surface area contributed by atoms with Crippen molar-refractivity contribution >= 4 is 0 Å². The van der Waals surface area contributed by atoms with Gasteiger partial charge in [0.15, 0.2) is 0 Å². The molecular formula is C14H19FN4. The van der Waals surface area contributed by atoms with E-state index in [2.05, 4.69) is 22.3 Å². The number of aryl methyl sites for hydroxylation is 2. The van der Waals surface area contributed by atoms with Crippen LogP contribution in [0, 0.1) is 12.7 Å². The van der Waals surface area contributed by atoms with Gasteiger partial charge < -0.3 is 5.32 Å². The number of rotatable bonds is 5. The average molecular weight is 262 g/mol. The summed E-state index contributed by atoms with van der Waals surface area (Å²) in [6.07, 6.45) is 2.28. The van der Waals surface area contributed by atoms with Crippen LogP contribution in [0.1, 0.15) is 29.9 Å². The number of nitrogens with one attached hydrogen (secondary N) is 1. The molecule has 1 heterocycles. The molecule has 2 rings (SSSR count). The smallest absolute Gasteiger partial charge is 0.138 e. The van der Waals surface area contributed by atoms with Crippen LogP contribution in [0.2, 0.25) is 0 Å². The minimum atomic E-state index is -0.199. The van der Waals surface area contributed by atoms with Crippen molar-refractivity contribution in [2.24, 2.45) is 7.05 Å². The summed E-state index contributed by atoms with van der Waals surface area (Å²) in [4.78, 5) is 4.25. The molecule has 0 saturated carbocycles. The number of hydrogen-bond donors (Lipinski definition) is 1. The van der Waals surface area contributed by atoms with Gasteiger partial charge in [0.1, 0.15) is 18.0 Å². The second-order valence-electron chi connectivity index (χ2n) is 4.62. The molecule has 4 nitrogen and oxygen atoms in total. The van der Waals surface area contributed by atoms with Gasteiger partial charge in [-0.1, -0.05) is 13.0 Å². The Morgan fingerprint density at radius 3 is 2.79 bits per heavy atom. The monoisotopic (exact) mass is 262 g/mol. The summed E-state index contributed by atoms with van der Waals surface area (Å²) < 4.78 is 15.0. The third kappa shape index (κ3) is 3.17. The first-order valence-corrected chi connectivity index (χ1v) is 6.44. The van der Waals surface area contributed by atoms with Gasteiger partial charge in [0.2, 0.25) is 0 Å². The highest BCUT2D eigenvalue weighted by Gasteiger charge is 2.16. The fourth-order valence-electron chi connectivity index (χ4n) is 2.26.